The fourth-order valence-corrected chi connectivity index (χ4v) is 4.61. The Balaban J connectivity index is 0.00000392. The highest BCUT2D eigenvalue weighted by Gasteiger charge is 2.25. The summed E-state index contributed by atoms with van der Waals surface area (Å²) < 4.78 is 25.5. The van der Waals surface area contributed by atoms with Gasteiger partial charge in [-0.05, 0) is 50.2 Å². The average Bonchev–Trinajstić information content (AvgIpc) is 3.19. The number of guanidine groups is 1. The van der Waals surface area contributed by atoms with E-state index in [1.807, 2.05) is 0 Å². The Bertz CT molecular complexity index is 674. The van der Waals surface area contributed by atoms with Crippen LogP contribution in [0.2, 0.25) is 0 Å². The first-order valence-corrected chi connectivity index (χ1v) is 12.2. The van der Waals surface area contributed by atoms with Crippen molar-refractivity contribution >= 4 is 51.3 Å². The van der Waals surface area contributed by atoms with Crippen LogP contribution in [0.15, 0.2) is 22.5 Å². The summed E-state index contributed by atoms with van der Waals surface area (Å²) in [7, 11) is -1.42. The molecule has 10 heteroatoms. The fourth-order valence-electron chi connectivity index (χ4n) is 3.13. The Kier molecular flexibility index (Phi) is 11.9. The monoisotopic (exact) mass is 543 g/mol. The molecule has 162 valence electrons. The predicted molar refractivity (Wildman–Crippen MR) is 129 cm³/mol. The number of nitrogens with zero attached hydrogens (tertiary/aromatic N) is 2. The smallest absolute Gasteiger partial charge is 0.211 e. The summed E-state index contributed by atoms with van der Waals surface area (Å²) >= 11 is 1.79. The second kappa shape index (κ2) is 13.0. The van der Waals surface area contributed by atoms with E-state index < -0.39 is 10.0 Å². The predicted octanol–water partition coefficient (Wildman–Crippen LogP) is 2.24. The molecule has 2 heterocycles. The van der Waals surface area contributed by atoms with Gasteiger partial charge in [0, 0.05) is 31.6 Å². The Labute approximate surface area is 190 Å². The second-order valence-corrected chi connectivity index (χ2v) is 10.0. The summed E-state index contributed by atoms with van der Waals surface area (Å²) in [5.74, 6) is 1.59. The van der Waals surface area contributed by atoms with Crippen LogP contribution >= 0.6 is 35.3 Å². The van der Waals surface area contributed by atoms with Gasteiger partial charge in [-0.3, -0.25) is 9.89 Å². The molecule has 1 aliphatic heterocycles. The highest BCUT2D eigenvalue weighted by molar-refractivity contribution is 14.0. The Hall–Kier alpha value is -0.430. The molecule has 1 unspecified atom stereocenters. The normalized spacial score (nSPS) is 17.8. The van der Waals surface area contributed by atoms with E-state index in [1.165, 1.54) is 17.7 Å². The van der Waals surface area contributed by atoms with Crippen LogP contribution in [0.5, 0.6) is 0 Å². The molecule has 0 radical (unpaired) electrons. The fraction of sp³-hybridized carbons (Fsp3) is 0.722. The molecule has 3 N–H and O–H groups in total. The maximum Gasteiger partial charge on any atom is 0.211 e. The molecule has 0 amide bonds. The number of hydrogen-bond donors (Lipinski definition) is 3. The first-order chi connectivity index (χ1) is 12.9. The van der Waals surface area contributed by atoms with E-state index in [9.17, 15) is 8.42 Å². The van der Waals surface area contributed by atoms with Gasteiger partial charge in [0.2, 0.25) is 10.0 Å². The summed E-state index contributed by atoms with van der Waals surface area (Å²) in [5, 5.41) is 8.70. The first-order valence-electron chi connectivity index (χ1n) is 9.64. The Morgan fingerprint density at radius 1 is 1.32 bits per heavy atom. The van der Waals surface area contributed by atoms with Gasteiger partial charge in [0.1, 0.15) is 0 Å². The second-order valence-electron chi connectivity index (χ2n) is 6.93. The number of hydrogen-bond acceptors (Lipinski definition) is 5. The highest BCUT2D eigenvalue weighted by atomic mass is 127. The van der Waals surface area contributed by atoms with Gasteiger partial charge in [-0.15, -0.1) is 35.3 Å². The molecule has 1 aromatic heterocycles. The van der Waals surface area contributed by atoms with E-state index in [2.05, 4.69) is 49.7 Å². The topological polar surface area (TPSA) is 85.8 Å². The molecular formula is C18H34IN5O2S2. The van der Waals surface area contributed by atoms with Gasteiger partial charge in [-0.25, -0.2) is 13.1 Å². The molecule has 1 saturated heterocycles. The van der Waals surface area contributed by atoms with Crippen molar-refractivity contribution < 1.29 is 8.42 Å². The zero-order chi connectivity index (χ0) is 19.7. The van der Waals surface area contributed by atoms with E-state index in [0.717, 1.165) is 25.6 Å². The standard InChI is InChI=1S/C18H33N5O2S2.HI/c1-4-27(24,25)22-10-9-20-18(19-3)21-14-16(17-6-5-13-26-17)23-11-7-15(2)8-12-23;/h5-6,13,15-16,22H,4,7-12,14H2,1-3H3,(H2,19,20,21);1H. The average molecular weight is 544 g/mol. The molecule has 0 bridgehead atoms. The van der Waals surface area contributed by atoms with Crippen molar-refractivity contribution in [3.63, 3.8) is 0 Å². The zero-order valence-corrected chi connectivity index (χ0v) is 20.9. The molecule has 7 nitrogen and oxygen atoms in total. The van der Waals surface area contributed by atoms with Gasteiger partial charge >= 0.3 is 0 Å². The van der Waals surface area contributed by atoms with Crippen LogP contribution in [0.3, 0.4) is 0 Å². The van der Waals surface area contributed by atoms with Crippen molar-refractivity contribution in [3.05, 3.63) is 22.4 Å². The van der Waals surface area contributed by atoms with E-state index in [1.54, 1.807) is 25.3 Å². The van der Waals surface area contributed by atoms with Crippen molar-refractivity contribution in [2.24, 2.45) is 10.9 Å². The maximum absolute atomic E-state index is 11.5. The van der Waals surface area contributed by atoms with E-state index in [-0.39, 0.29) is 29.7 Å². The molecule has 28 heavy (non-hydrogen) atoms. The number of thiophene rings is 1. The number of piperidine rings is 1. The van der Waals surface area contributed by atoms with Crippen LogP contribution in [-0.4, -0.2) is 64.8 Å². The van der Waals surface area contributed by atoms with Gasteiger partial charge < -0.3 is 10.6 Å². The largest absolute Gasteiger partial charge is 0.355 e. The number of rotatable bonds is 9. The SMILES string of the molecule is CCS(=O)(=O)NCCNC(=NC)NCC(c1cccs1)N1CCC(C)CC1.I. The minimum Gasteiger partial charge on any atom is -0.355 e. The number of sulfonamides is 1. The van der Waals surface area contributed by atoms with Crippen molar-refractivity contribution in [1.29, 1.82) is 0 Å². The summed E-state index contributed by atoms with van der Waals surface area (Å²) in [4.78, 5) is 8.18. The van der Waals surface area contributed by atoms with Gasteiger partial charge in [0.25, 0.3) is 0 Å². The summed E-state index contributed by atoms with van der Waals surface area (Å²) in [6, 6.07) is 4.63. The van der Waals surface area contributed by atoms with Gasteiger partial charge in [0.05, 0.1) is 11.8 Å². The Morgan fingerprint density at radius 3 is 2.61 bits per heavy atom. The molecule has 2 rings (SSSR count). The first kappa shape index (κ1) is 25.6. The lowest BCUT2D eigenvalue weighted by Crippen LogP contribution is -2.46. The van der Waals surface area contributed by atoms with Crippen LogP contribution in [0.25, 0.3) is 0 Å². The summed E-state index contributed by atoms with van der Waals surface area (Å²) in [5.41, 5.74) is 0. The Morgan fingerprint density at radius 2 is 2.04 bits per heavy atom. The van der Waals surface area contributed by atoms with Gasteiger partial charge in [-0.2, -0.15) is 0 Å². The molecule has 1 atom stereocenters. The van der Waals surface area contributed by atoms with Crippen LogP contribution in [0, 0.1) is 5.92 Å². The minimum atomic E-state index is -3.15. The van der Waals surface area contributed by atoms with Crippen LogP contribution in [0.4, 0.5) is 0 Å². The van der Waals surface area contributed by atoms with Crippen LogP contribution in [0.1, 0.15) is 37.6 Å². The van der Waals surface area contributed by atoms with E-state index in [0.29, 0.717) is 25.1 Å². The molecule has 0 aliphatic carbocycles. The quantitative estimate of drug-likeness (QED) is 0.193. The molecular weight excluding hydrogens is 509 g/mol. The van der Waals surface area contributed by atoms with Crippen molar-refractivity contribution in [3.8, 4) is 0 Å². The summed E-state index contributed by atoms with van der Waals surface area (Å²) in [6.45, 7) is 7.80. The number of nitrogens with one attached hydrogen (secondary N) is 3. The maximum atomic E-state index is 11.5. The van der Waals surface area contributed by atoms with Crippen LogP contribution in [-0.2, 0) is 10.0 Å². The van der Waals surface area contributed by atoms with Gasteiger partial charge in [-0.1, -0.05) is 13.0 Å². The van der Waals surface area contributed by atoms with Gasteiger partial charge in [0.15, 0.2) is 5.96 Å². The molecule has 1 aromatic rings. The third-order valence-corrected chi connectivity index (χ3v) is 7.31. The number of halogens is 1. The highest BCUT2D eigenvalue weighted by Crippen LogP contribution is 2.28. The van der Waals surface area contributed by atoms with Crippen molar-refractivity contribution in [2.45, 2.75) is 32.7 Å². The van der Waals surface area contributed by atoms with Crippen molar-refractivity contribution in [1.82, 2.24) is 20.3 Å². The molecule has 0 spiro atoms. The van der Waals surface area contributed by atoms with E-state index in [4.69, 9.17) is 0 Å². The molecule has 0 aromatic carbocycles. The zero-order valence-electron chi connectivity index (χ0n) is 17.0. The lowest BCUT2D eigenvalue weighted by molar-refractivity contribution is 0.140. The minimum absolute atomic E-state index is 0. The molecule has 0 saturated carbocycles. The summed E-state index contributed by atoms with van der Waals surface area (Å²) in [6.07, 6.45) is 2.48. The lowest BCUT2D eigenvalue weighted by atomic mass is 9.97. The number of likely N-dealkylation sites (tertiary alicyclic amines) is 1. The molecule has 1 aliphatic rings. The number of aliphatic imine (C=N–C) groups is 1. The van der Waals surface area contributed by atoms with Crippen molar-refractivity contribution in [2.75, 3.05) is 45.5 Å². The third-order valence-electron chi connectivity index (χ3n) is 4.94. The third kappa shape index (κ3) is 8.52. The molecule has 1 fully saturated rings. The van der Waals surface area contributed by atoms with Crippen LogP contribution < -0.4 is 15.4 Å². The van der Waals surface area contributed by atoms with E-state index >= 15 is 0 Å². The lowest BCUT2D eigenvalue weighted by Gasteiger charge is -2.36.